The van der Waals surface area contributed by atoms with Gasteiger partial charge in [-0.25, -0.2) is 9.97 Å². The molecule has 0 aliphatic heterocycles. The third-order valence-electron chi connectivity index (χ3n) is 3.85. The molecule has 2 rings (SSSR count). The second-order valence-electron chi connectivity index (χ2n) is 6.11. The SMILES string of the molecule is CCNc1cc(N(CC(C)C)C2CCCC2)nc(SC)n1. The topological polar surface area (TPSA) is 41.0 Å². The summed E-state index contributed by atoms with van der Waals surface area (Å²) in [6.07, 6.45) is 7.32. The highest BCUT2D eigenvalue weighted by Gasteiger charge is 2.25. The largest absolute Gasteiger partial charge is 0.370 e. The molecule has 0 spiro atoms. The summed E-state index contributed by atoms with van der Waals surface area (Å²) in [6, 6.07) is 2.76. The Morgan fingerprint density at radius 2 is 2.05 bits per heavy atom. The van der Waals surface area contributed by atoms with Crippen LogP contribution >= 0.6 is 11.8 Å². The van der Waals surface area contributed by atoms with E-state index in [2.05, 4.69) is 42.0 Å². The van der Waals surface area contributed by atoms with Crippen molar-refractivity contribution in [2.45, 2.75) is 57.7 Å². The normalized spacial score (nSPS) is 15.7. The predicted molar refractivity (Wildman–Crippen MR) is 92.4 cm³/mol. The number of rotatable bonds is 7. The lowest BCUT2D eigenvalue weighted by Gasteiger charge is -2.32. The number of hydrogen-bond donors (Lipinski definition) is 1. The highest BCUT2D eigenvalue weighted by atomic mass is 32.2. The van der Waals surface area contributed by atoms with E-state index in [0.717, 1.165) is 29.9 Å². The maximum atomic E-state index is 4.77. The zero-order valence-corrected chi connectivity index (χ0v) is 14.5. The molecular formula is C16H28N4S. The number of hydrogen-bond acceptors (Lipinski definition) is 5. The molecule has 1 N–H and O–H groups in total. The molecule has 0 radical (unpaired) electrons. The lowest BCUT2D eigenvalue weighted by atomic mass is 10.1. The lowest BCUT2D eigenvalue weighted by molar-refractivity contribution is 0.529. The Bertz CT molecular complexity index is 444. The van der Waals surface area contributed by atoms with Crippen molar-refractivity contribution in [1.29, 1.82) is 0 Å². The van der Waals surface area contributed by atoms with Gasteiger partial charge in [-0.1, -0.05) is 38.5 Å². The van der Waals surface area contributed by atoms with E-state index < -0.39 is 0 Å². The van der Waals surface area contributed by atoms with E-state index in [1.54, 1.807) is 11.8 Å². The highest BCUT2D eigenvalue weighted by molar-refractivity contribution is 7.98. The van der Waals surface area contributed by atoms with Crippen LogP contribution in [-0.4, -0.2) is 35.4 Å². The fourth-order valence-electron chi connectivity index (χ4n) is 2.96. The molecule has 0 amide bonds. The van der Waals surface area contributed by atoms with Crippen molar-refractivity contribution < 1.29 is 0 Å². The molecule has 0 atom stereocenters. The molecule has 0 unspecified atom stereocenters. The van der Waals surface area contributed by atoms with Crippen molar-refractivity contribution in [3.63, 3.8) is 0 Å². The fraction of sp³-hybridized carbons (Fsp3) is 0.750. The molecule has 1 fully saturated rings. The van der Waals surface area contributed by atoms with Gasteiger partial charge in [0.25, 0.3) is 0 Å². The molecule has 118 valence electrons. The third kappa shape index (κ3) is 4.50. The zero-order chi connectivity index (χ0) is 15.2. The molecule has 1 aromatic heterocycles. The van der Waals surface area contributed by atoms with Crippen LogP contribution in [0.1, 0.15) is 46.5 Å². The maximum Gasteiger partial charge on any atom is 0.191 e. The van der Waals surface area contributed by atoms with Gasteiger partial charge in [0.1, 0.15) is 11.6 Å². The van der Waals surface area contributed by atoms with Crippen molar-refractivity contribution in [3.8, 4) is 0 Å². The summed E-state index contributed by atoms with van der Waals surface area (Å²) in [7, 11) is 0. The summed E-state index contributed by atoms with van der Waals surface area (Å²) < 4.78 is 0. The van der Waals surface area contributed by atoms with Crippen LogP contribution in [0.3, 0.4) is 0 Å². The molecule has 0 aromatic carbocycles. The summed E-state index contributed by atoms with van der Waals surface area (Å²) in [5.74, 6) is 2.67. The minimum atomic E-state index is 0.640. The van der Waals surface area contributed by atoms with Crippen LogP contribution in [-0.2, 0) is 0 Å². The molecule has 5 heteroatoms. The molecule has 4 nitrogen and oxygen atoms in total. The van der Waals surface area contributed by atoms with E-state index in [0.29, 0.717) is 12.0 Å². The van der Waals surface area contributed by atoms with Crippen LogP contribution in [0.4, 0.5) is 11.6 Å². The second-order valence-corrected chi connectivity index (χ2v) is 6.89. The van der Waals surface area contributed by atoms with Crippen LogP contribution < -0.4 is 10.2 Å². The second kappa shape index (κ2) is 7.87. The van der Waals surface area contributed by atoms with Crippen molar-refractivity contribution >= 4 is 23.4 Å². The van der Waals surface area contributed by atoms with Crippen LogP contribution in [0.2, 0.25) is 0 Å². The molecule has 1 heterocycles. The number of thioether (sulfide) groups is 1. The average Bonchev–Trinajstić information content (AvgIpc) is 2.98. The van der Waals surface area contributed by atoms with Crippen LogP contribution in [0, 0.1) is 5.92 Å². The van der Waals surface area contributed by atoms with Gasteiger partial charge >= 0.3 is 0 Å². The van der Waals surface area contributed by atoms with Crippen molar-refractivity contribution in [2.24, 2.45) is 5.92 Å². The molecular weight excluding hydrogens is 280 g/mol. The first-order valence-electron chi connectivity index (χ1n) is 8.07. The predicted octanol–water partition coefficient (Wildman–Crippen LogP) is 4.04. The van der Waals surface area contributed by atoms with Crippen LogP contribution in [0.15, 0.2) is 11.2 Å². The average molecular weight is 308 g/mol. The van der Waals surface area contributed by atoms with Gasteiger partial charge in [0.15, 0.2) is 5.16 Å². The van der Waals surface area contributed by atoms with Gasteiger partial charge in [0, 0.05) is 25.2 Å². The zero-order valence-electron chi connectivity index (χ0n) is 13.7. The first-order chi connectivity index (χ1) is 10.1. The minimum Gasteiger partial charge on any atom is -0.370 e. The Morgan fingerprint density at radius 1 is 1.33 bits per heavy atom. The molecule has 1 aliphatic rings. The van der Waals surface area contributed by atoms with Crippen molar-refractivity contribution in [2.75, 3.05) is 29.6 Å². The Morgan fingerprint density at radius 3 is 2.62 bits per heavy atom. The summed E-state index contributed by atoms with van der Waals surface area (Å²) in [4.78, 5) is 11.8. The van der Waals surface area contributed by atoms with Crippen molar-refractivity contribution in [3.05, 3.63) is 6.07 Å². The first kappa shape index (κ1) is 16.4. The Hall–Kier alpha value is -0.970. The smallest absolute Gasteiger partial charge is 0.191 e. The van der Waals surface area contributed by atoms with E-state index in [1.165, 1.54) is 25.7 Å². The number of aromatic nitrogens is 2. The lowest BCUT2D eigenvalue weighted by Crippen LogP contribution is -2.37. The number of anilines is 2. The van der Waals surface area contributed by atoms with Gasteiger partial charge in [-0.2, -0.15) is 0 Å². The molecule has 0 saturated heterocycles. The van der Waals surface area contributed by atoms with Gasteiger partial charge in [-0.15, -0.1) is 0 Å². The summed E-state index contributed by atoms with van der Waals surface area (Å²) in [6.45, 7) is 8.62. The molecule has 1 aromatic rings. The standard InChI is InChI=1S/C16H28N4S/c1-5-17-14-10-15(19-16(18-14)21-4)20(11-12(2)3)13-8-6-7-9-13/h10,12-13H,5-9,11H2,1-4H3,(H,17,18,19). The molecule has 21 heavy (non-hydrogen) atoms. The molecule has 1 saturated carbocycles. The minimum absolute atomic E-state index is 0.640. The van der Waals surface area contributed by atoms with Crippen LogP contribution in [0.25, 0.3) is 0 Å². The quantitative estimate of drug-likeness (QED) is 0.608. The Balaban J connectivity index is 2.30. The maximum absolute atomic E-state index is 4.77. The summed E-state index contributed by atoms with van der Waals surface area (Å²) >= 11 is 1.61. The summed E-state index contributed by atoms with van der Waals surface area (Å²) in [5, 5.41) is 4.19. The van der Waals surface area contributed by atoms with E-state index in [9.17, 15) is 0 Å². The Kier molecular flexibility index (Phi) is 6.15. The monoisotopic (exact) mass is 308 g/mol. The van der Waals surface area contributed by atoms with Gasteiger partial charge in [-0.3, -0.25) is 0 Å². The van der Waals surface area contributed by atoms with Gasteiger partial charge in [-0.05, 0) is 31.9 Å². The van der Waals surface area contributed by atoms with Gasteiger partial charge < -0.3 is 10.2 Å². The molecule has 0 bridgehead atoms. The van der Waals surface area contributed by atoms with Crippen LogP contribution in [0.5, 0.6) is 0 Å². The Labute approximate surface area is 133 Å². The highest BCUT2D eigenvalue weighted by Crippen LogP contribution is 2.30. The number of nitrogens with one attached hydrogen (secondary N) is 1. The summed E-state index contributed by atoms with van der Waals surface area (Å²) in [5.41, 5.74) is 0. The molecule has 1 aliphatic carbocycles. The van der Waals surface area contributed by atoms with Crippen molar-refractivity contribution in [1.82, 2.24) is 9.97 Å². The van der Waals surface area contributed by atoms with Gasteiger partial charge in [0.2, 0.25) is 0 Å². The first-order valence-corrected chi connectivity index (χ1v) is 9.30. The van der Waals surface area contributed by atoms with E-state index in [1.807, 2.05) is 6.26 Å². The van der Waals surface area contributed by atoms with Gasteiger partial charge in [0.05, 0.1) is 0 Å². The van der Waals surface area contributed by atoms with E-state index in [4.69, 9.17) is 4.98 Å². The van der Waals surface area contributed by atoms with E-state index >= 15 is 0 Å². The number of nitrogens with zero attached hydrogens (tertiary/aromatic N) is 3. The van der Waals surface area contributed by atoms with E-state index in [-0.39, 0.29) is 0 Å². The fourth-order valence-corrected chi connectivity index (χ4v) is 3.34. The third-order valence-corrected chi connectivity index (χ3v) is 4.40.